The quantitative estimate of drug-likeness (QED) is 0.475. The second-order valence-electron chi connectivity index (χ2n) is 12.3. The van der Waals surface area contributed by atoms with Crippen LogP contribution in [0, 0.1) is 17.7 Å². The van der Waals surface area contributed by atoms with E-state index in [2.05, 4.69) is 14.9 Å². The maximum atomic E-state index is 14.6. The number of carbonyl (C=O) groups is 1. The smallest absolute Gasteiger partial charge is 0.410 e. The minimum atomic E-state index is -0.589. The maximum absolute atomic E-state index is 14.6. The van der Waals surface area contributed by atoms with Gasteiger partial charge in [0.1, 0.15) is 28.4 Å². The number of benzene rings is 1. The number of nitrogens with one attached hydrogen (secondary N) is 1. The number of hydrogen-bond acceptors (Lipinski definition) is 7. The van der Waals surface area contributed by atoms with Gasteiger partial charge in [-0.1, -0.05) is 0 Å². The topological polar surface area (TPSA) is 87.8 Å². The molecule has 1 saturated carbocycles. The summed E-state index contributed by atoms with van der Waals surface area (Å²) in [7, 11) is 0. The highest BCUT2D eigenvalue weighted by Crippen LogP contribution is 2.31. The molecule has 0 atom stereocenters. The van der Waals surface area contributed by atoms with Crippen molar-refractivity contribution in [2.75, 3.05) is 39.3 Å². The number of rotatable bonds is 8. The van der Waals surface area contributed by atoms with Gasteiger partial charge in [0, 0.05) is 37.0 Å². The maximum Gasteiger partial charge on any atom is 0.410 e. The van der Waals surface area contributed by atoms with Crippen LogP contribution >= 0.6 is 11.8 Å². The molecule has 214 valence electrons. The molecule has 2 aromatic rings. The Morgan fingerprint density at radius 3 is 2.46 bits per heavy atom. The monoisotopic (exact) mass is 560 g/mol. The zero-order valence-electron chi connectivity index (χ0n) is 23.3. The van der Waals surface area contributed by atoms with Crippen molar-refractivity contribution >= 4 is 28.8 Å². The normalized spacial score (nSPS) is 19.9. The van der Waals surface area contributed by atoms with Gasteiger partial charge in [-0.05, 0) is 84.2 Å². The summed E-state index contributed by atoms with van der Waals surface area (Å²) in [6.07, 6.45) is 6.33. The molecule has 10 heteroatoms. The first-order valence-electron chi connectivity index (χ1n) is 14.3. The fraction of sp³-hybridized carbons (Fsp3) is 0.690. The second kappa shape index (κ2) is 12.0. The molecule has 1 N–H and O–H groups in total. The Kier molecular flexibility index (Phi) is 8.71. The third-order valence-electron chi connectivity index (χ3n) is 7.74. The number of hydrogen-bond donors (Lipinski definition) is 1. The van der Waals surface area contributed by atoms with Crippen molar-refractivity contribution < 1.29 is 18.7 Å². The molecule has 0 spiro atoms. The Morgan fingerprint density at radius 1 is 1.08 bits per heavy atom. The van der Waals surface area contributed by atoms with E-state index in [1.54, 1.807) is 6.07 Å². The van der Waals surface area contributed by atoms with E-state index >= 15 is 0 Å². The van der Waals surface area contributed by atoms with Crippen LogP contribution in [0.5, 0.6) is 5.75 Å². The molecule has 1 amide bonds. The molecule has 3 aliphatic rings. The van der Waals surface area contributed by atoms with Gasteiger partial charge in [-0.2, -0.15) is 11.8 Å². The first kappa shape index (κ1) is 28.2. The summed E-state index contributed by atoms with van der Waals surface area (Å²) >= 11 is 1.81. The lowest BCUT2D eigenvalue weighted by atomic mass is 9.95. The van der Waals surface area contributed by atoms with Gasteiger partial charge in [0.25, 0.3) is 5.56 Å². The number of nitrogens with zero attached hydrogens (tertiary/aromatic N) is 3. The van der Waals surface area contributed by atoms with Crippen LogP contribution in [0.3, 0.4) is 0 Å². The van der Waals surface area contributed by atoms with Crippen LogP contribution < -0.4 is 10.3 Å². The van der Waals surface area contributed by atoms with E-state index in [0.717, 1.165) is 71.2 Å². The molecule has 3 fully saturated rings. The molecular weight excluding hydrogens is 519 g/mol. The van der Waals surface area contributed by atoms with Crippen molar-refractivity contribution in [2.24, 2.45) is 11.8 Å². The highest BCUT2D eigenvalue weighted by molar-refractivity contribution is 7.99. The van der Waals surface area contributed by atoms with Gasteiger partial charge in [-0.3, -0.25) is 4.79 Å². The number of likely N-dealkylation sites (tertiary alicyclic amines) is 2. The first-order valence-corrected chi connectivity index (χ1v) is 15.3. The zero-order chi connectivity index (χ0) is 27.6. The Morgan fingerprint density at radius 2 is 1.79 bits per heavy atom. The Labute approximate surface area is 234 Å². The lowest BCUT2D eigenvalue weighted by Crippen LogP contribution is -2.45. The van der Waals surface area contributed by atoms with Gasteiger partial charge in [-0.15, -0.1) is 0 Å². The third kappa shape index (κ3) is 7.87. The minimum absolute atomic E-state index is 0.00671. The summed E-state index contributed by atoms with van der Waals surface area (Å²) in [5.74, 6) is 2.19. The molecule has 5 rings (SSSR count). The largest absolute Gasteiger partial charge is 0.493 e. The van der Waals surface area contributed by atoms with E-state index in [1.807, 2.05) is 37.4 Å². The summed E-state index contributed by atoms with van der Waals surface area (Å²) in [4.78, 5) is 36.6. The fourth-order valence-corrected chi connectivity index (χ4v) is 6.42. The van der Waals surface area contributed by atoms with Crippen molar-refractivity contribution in [1.82, 2.24) is 19.8 Å². The number of piperidine rings is 2. The van der Waals surface area contributed by atoms with Gasteiger partial charge in [0.15, 0.2) is 0 Å². The lowest BCUT2D eigenvalue weighted by Gasteiger charge is -2.37. The number of fused-ring (bicyclic) bond motifs is 1. The summed E-state index contributed by atoms with van der Waals surface area (Å²) in [6.45, 7) is 11.0. The van der Waals surface area contributed by atoms with Crippen LogP contribution in [0.2, 0.25) is 0 Å². The Balaban J connectivity index is 1.07. The van der Waals surface area contributed by atoms with Gasteiger partial charge in [-0.25, -0.2) is 14.2 Å². The van der Waals surface area contributed by atoms with Crippen LogP contribution in [-0.4, -0.2) is 76.0 Å². The molecule has 8 nitrogen and oxygen atoms in total. The highest BCUT2D eigenvalue weighted by Gasteiger charge is 2.29. The SMILES string of the molecule is CC(C)(C)OC(=O)N1CCC(CN2CCC(SCc3nc4cc(OCC5CC5)cc(F)c4c(=O)[nH]3)CC2)CC1. The molecule has 0 radical (unpaired) electrons. The summed E-state index contributed by atoms with van der Waals surface area (Å²) in [5, 5.41) is 0.494. The zero-order valence-corrected chi connectivity index (χ0v) is 24.2. The van der Waals surface area contributed by atoms with Gasteiger partial charge < -0.3 is 24.3 Å². The van der Waals surface area contributed by atoms with Crippen molar-refractivity contribution in [3.63, 3.8) is 0 Å². The molecular formula is C29H41FN4O4S. The summed E-state index contributed by atoms with van der Waals surface area (Å²) < 4.78 is 25.8. The lowest BCUT2D eigenvalue weighted by molar-refractivity contribution is 0.0167. The van der Waals surface area contributed by atoms with E-state index in [9.17, 15) is 14.0 Å². The molecule has 1 aromatic carbocycles. The van der Waals surface area contributed by atoms with Crippen LogP contribution in [0.1, 0.15) is 65.1 Å². The predicted molar refractivity (Wildman–Crippen MR) is 152 cm³/mol. The number of ether oxygens (including phenoxy) is 2. The molecule has 1 aromatic heterocycles. The standard InChI is InChI=1S/C29H41FN4O4S/c1-29(2,3)38-28(36)34-12-6-19(7-13-34)16-33-10-8-22(9-11-33)39-18-25-31-24-15-21(37-17-20-4-5-20)14-23(30)26(24)27(35)32-25/h14-15,19-20,22H,4-13,16-18H2,1-3H3,(H,31,32,35). The number of H-pyrrole nitrogens is 1. The predicted octanol–water partition coefficient (Wildman–Crippen LogP) is 5.20. The average Bonchev–Trinajstić information content (AvgIpc) is 3.71. The molecule has 0 unspecified atom stereocenters. The van der Waals surface area contributed by atoms with E-state index in [0.29, 0.717) is 46.5 Å². The number of aromatic amines is 1. The van der Waals surface area contributed by atoms with Gasteiger partial charge >= 0.3 is 6.09 Å². The molecule has 2 saturated heterocycles. The van der Waals surface area contributed by atoms with E-state index in [1.165, 1.54) is 6.07 Å². The molecule has 3 heterocycles. The minimum Gasteiger partial charge on any atom is -0.493 e. The van der Waals surface area contributed by atoms with Crippen LogP contribution in [-0.2, 0) is 10.5 Å². The van der Waals surface area contributed by atoms with Crippen molar-refractivity contribution in [2.45, 2.75) is 75.9 Å². The number of carbonyl (C=O) groups excluding carboxylic acids is 1. The Bertz CT molecular complexity index is 1210. The van der Waals surface area contributed by atoms with Crippen LogP contribution in [0.25, 0.3) is 10.9 Å². The fourth-order valence-electron chi connectivity index (χ4n) is 5.34. The van der Waals surface area contributed by atoms with Crippen molar-refractivity contribution in [3.05, 3.63) is 34.1 Å². The van der Waals surface area contributed by atoms with Crippen LogP contribution in [0.4, 0.5) is 9.18 Å². The second-order valence-corrected chi connectivity index (χ2v) is 13.6. The number of thioether (sulfide) groups is 1. The number of amides is 1. The Hall–Kier alpha value is -2.33. The van der Waals surface area contributed by atoms with Gasteiger partial charge in [0.2, 0.25) is 0 Å². The van der Waals surface area contributed by atoms with Crippen LogP contribution in [0.15, 0.2) is 16.9 Å². The van der Waals surface area contributed by atoms with Crippen molar-refractivity contribution in [1.29, 1.82) is 0 Å². The van der Waals surface area contributed by atoms with E-state index in [-0.39, 0.29) is 11.5 Å². The van der Waals surface area contributed by atoms with E-state index < -0.39 is 17.0 Å². The third-order valence-corrected chi connectivity index (χ3v) is 9.12. The molecule has 0 bridgehead atoms. The molecule has 2 aliphatic heterocycles. The summed E-state index contributed by atoms with van der Waals surface area (Å²) in [5.41, 5.74) is -0.538. The molecule has 39 heavy (non-hydrogen) atoms. The number of halogens is 1. The van der Waals surface area contributed by atoms with Crippen molar-refractivity contribution in [3.8, 4) is 5.75 Å². The van der Waals surface area contributed by atoms with E-state index in [4.69, 9.17) is 9.47 Å². The number of aromatic nitrogens is 2. The van der Waals surface area contributed by atoms with Gasteiger partial charge in [0.05, 0.1) is 17.9 Å². The first-order chi connectivity index (χ1) is 18.6. The molecule has 1 aliphatic carbocycles. The highest BCUT2D eigenvalue weighted by atomic mass is 32.2. The summed E-state index contributed by atoms with van der Waals surface area (Å²) in [6, 6.07) is 2.97. The average molecular weight is 561 g/mol.